The van der Waals surface area contributed by atoms with Crippen molar-refractivity contribution in [2.45, 2.75) is 26.6 Å². The molecule has 3 N–H and O–H groups in total. The van der Waals surface area contributed by atoms with Gasteiger partial charge in [-0.1, -0.05) is 6.92 Å². The maximum Gasteiger partial charge on any atom is 0.418 e. The van der Waals surface area contributed by atoms with E-state index in [1.54, 1.807) is 6.92 Å². The number of nitrogens with zero attached hydrogens (tertiary/aromatic N) is 3. The van der Waals surface area contributed by atoms with Crippen LogP contribution in [0.4, 0.5) is 13.2 Å². The first kappa shape index (κ1) is 18.8. The minimum atomic E-state index is -4.58. The van der Waals surface area contributed by atoms with Crippen molar-refractivity contribution in [1.82, 2.24) is 25.7 Å². The number of nitrogens with one attached hydrogen (secondary N) is 3. The van der Waals surface area contributed by atoms with Crippen LogP contribution in [0.2, 0.25) is 0 Å². The molecule has 0 unspecified atom stereocenters. The molecule has 1 amide bonds. The Bertz CT molecular complexity index is 915. The van der Waals surface area contributed by atoms with E-state index in [9.17, 15) is 18.0 Å². The third kappa shape index (κ3) is 3.75. The predicted octanol–water partition coefficient (Wildman–Crippen LogP) is 2.16. The number of amides is 1. The summed E-state index contributed by atoms with van der Waals surface area (Å²) in [5.41, 5.74) is 2.17. The zero-order valence-corrected chi connectivity index (χ0v) is 14.6. The van der Waals surface area contributed by atoms with Gasteiger partial charge in [-0.2, -0.15) is 18.3 Å². The number of aromatic amines is 1. The smallest absolute Gasteiger partial charge is 0.358 e. The van der Waals surface area contributed by atoms with Crippen LogP contribution in [0.15, 0.2) is 29.3 Å². The molecule has 3 rings (SSSR count). The molecule has 27 heavy (non-hydrogen) atoms. The molecular formula is C17H17F3N6O. The van der Waals surface area contributed by atoms with Gasteiger partial charge in [-0.05, 0) is 25.1 Å². The van der Waals surface area contributed by atoms with E-state index in [0.717, 1.165) is 6.08 Å². The highest BCUT2D eigenvalue weighted by molar-refractivity contribution is 6.32. The highest BCUT2D eigenvalue weighted by Crippen LogP contribution is 2.37. The van der Waals surface area contributed by atoms with Gasteiger partial charge >= 0.3 is 6.18 Å². The monoisotopic (exact) mass is 378 g/mol. The Morgan fingerprint density at radius 1 is 1.30 bits per heavy atom. The number of aryl methyl sites for hydroxylation is 1. The summed E-state index contributed by atoms with van der Waals surface area (Å²) in [6, 6.07) is 0. The van der Waals surface area contributed by atoms with Crippen LogP contribution < -0.4 is 10.7 Å². The molecule has 0 aliphatic carbocycles. The highest BCUT2D eigenvalue weighted by atomic mass is 19.4. The van der Waals surface area contributed by atoms with Gasteiger partial charge in [-0.3, -0.25) is 14.8 Å². The van der Waals surface area contributed by atoms with Crippen LogP contribution in [0, 0.1) is 6.92 Å². The van der Waals surface area contributed by atoms with Crippen LogP contribution >= 0.6 is 0 Å². The molecule has 7 nitrogen and oxygen atoms in total. The Kier molecular flexibility index (Phi) is 5.08. The number of rotatable bonds is 5. The van der Waals surface area contributed by atoms with Gasteiger partial charge in [0, 0.05) is 24.6 Å². The highest BCUT2D eigenvalue weighted by Gasteiger charge is 2.38. The van der Waals surface area contributed by atoms with E-state index < -0.39 is 17.6 Å². The average Bonchev–Trinajstić information content (AvgIpc) is 3.14. The molecule has 0 radical (unpaired) electrons. The molecule has 0 fully saturated rings. The van der Waals surface area contributed by atoms with E-state index in [1.807, 2.05) is 6.92 Å². The number of carbonyl (C=O) groups excluding carboxylic acids is 1. The predicted molar refractivity (Wildman–Crippen MR) is 92.6 cm³/mol. The van der Waals surface area contributed by atoms with Crippen LogP contribution in [0.5, 0.6) is 0 Å². The quantitative estimate of drug-likeness (QED) is 0.695. The van der Waals surface area contributed by atoms with Gasteiger partial charge < -0.3 is 10.3 Å². The first-order chi connectivity index (χ1) is 12.8. The standard InChI is InChI=1S/C17H17F3N6O/c1-3-21-7-11-9(2)24-12(14(11)17(18,19)20)6-10-15(25-26-16(10)27)13-8-22-4-5-23-13/h4-6,8,21,24H,3,7H2,1-2H3,(H,26,27). The molecule has 10 heteroatoms. The summed E-state index contributed by atoms with van der Waals surface area (Å²) in [6.45, 7) is 3.97. The lowest BCUT2D eigenvalue weighted by Crippen LogP contribution is -2.17. The van der Waals surface area contributed by atoms with Gasteiger partial charge in [0.05, 0.1) is 23.0 Å². The number of alkyl halides is 3. The van der Waals surface area contributed by atoms with Gasteiger partial charge in [0.15, 0.2) is 0 Å². The minimum absolute atomic E-state index is 0.0164. The van der Waals surface area contributed by atoms with Crippen molar-refractivity contribution < 1.29 is 18.0 Å². The largest absolute Gasteiger partial charge is 0.418 e. The van der Waals surface area contributed by atoms with E-state index in [-0.39, 0.29) is 34.8 Å². The second-order valence-electron chi connectivity index (χ2n) is 5.85. The normalized spacial score (nSPS) is 16.0. The molecule has 0 spiro atoms. The lowest BCUT2D eigenvalue weighted by molar-refractivity contribution is -0.138. The number of carbonyl (C=O) groups is 1. The molecule has 2 aromatic rings. The molecule has 1 aliphatic rings. The summed E-state index contributed by atoms with van der Waals surface area (Å²) in [4.78, 5) is 22.8. The molecule has 0 saturated carbocycles. The Morgan fingerprint density at radius 2 is 2.07 bits per heavy atom. The molecular weight excluding hydrogens is 361 g/mol. The second-order valence-corrected chi connectivity index (χ2v) is 5.85. The Balaban J connectivity index is 2.10. The molecule has 2 aromatic heterocycles. The fourth-order valence-electron chi connectivity index (χ4n) is 2.82. The van der Waals surface area contributed by atoms with Crippen molar-refractivity contribution in [2.24, 2.45) is 5.10 Å². The molecule has 0 aromatic carbocycles. The molecule has 0 bridgehead atoms. The van der Waals surface area contributed by atoms with Crippen molar-refractivity contribution in [2.75, 3.05) is 6.54 Å². The fourth-order valence-corrected chi connectivity index (χ4v) is 2.82. The van der Waals surface area contributed by atoms with E-state index in [4.69, 9.17) is 0 Å². The Hall–Kier alpha value is -3.01. The van der Waals surface area contributed by atoms with Crippen LogP contribution in [0.25, 0.3) is 6.08 Å². The van der Waals surface area contributed by atoms with Crippen molar-refractivity contribution in [3.05, 3.63) is 52.4 Å². The van der Waals surface area contributed by atoms with E-state index in [2.05, 4.69) is 30.8 Å². The van der Waals surface area contributed by atoms with Crippen molar-refractivity contribution in [3.63, 3.8) is 0 Å². The summed E-state index contributed by atoms with van der Waals surface area (Å²) in [5, 5.41) is 6.78. The molecule has 3 heterocycles. The van der Waals surface area contributed by atoms with E-state index in [1.165, 1.54) is 18.6 Å². The van der Waals surface area contributed by atoms with Crippen LogP contribution in [0.3, 0.4) is 0 Å². The Morgan fingerprint density at radius 3 is 2.70 bits per heavy atom. The SMILES string of the molecule is CCNCc1c(C)[nH]c(C=C2C(=O)NN=C2c2cnccn2)c1C(F)(F)F. The van der Waals surface area contributed by atoms with Gasteiger partial charge in [-0.15, -0.1) is 0 Å². The number of H-pyrrole nitrogens is 1. The van der Waals surface area contributed by atoms with Gasteiger partial charge in [0.25, 0.3) is 5.91 Å². The van der Waals surface area contributed by atoms with Gasteiger partial charge in [0.1, 0.15) is 11.4 Å². The average molecular weight is 378 g/mol. The summed E-state index contributed by atoms with van der Waals surface area (Å²) < 4.78 is 41.1. The van der Waals surface area contributed by atoms with Crippen LogP contribution in [0.1, 0.15) is 35.1 Å². The van der Waals surface area contributed by atoms with Crippen LogP contribution in [-0.4, -0.2) is 33.1 Å². The summed E-state index contributed by atoms with van der Waals surface area (Å²) in [5.74, 6) is -0.607. The lowest BCUT2D eigenvalue weighted by Gasteiger charge is -2.11. The fraction of sp³-hybridized carbons (Fsp3) is 0.294. The zero-order valence-electron chi connectivity index (χ0n) is 14.6. The van der Waals surface area contributed by atoms with Crippen molar-refractivity contribution in [1.29, 1.82) is 0 Å². The van der Waals surface area contributed by atoms with Crippen molar-refractivity contribution in [3.8, 4) is 0 Å². The van der Waals surface area contributed by atoms with Crippen molar-refractivity contribution >= 4 is 17.7 Å². The minimum Gasteiger partial charge on any atom is -0.358 e. The molecule has 0 saturated heterocycles. The summed E-state index contributed by atoms with van der Waals surface area (Å²) >= 11 is 0. The van der Waals surface area contributed by atoms with Crippen LogP contribution in [-0.2, 0) is 17.5 Å². The topological polar surface area (TPSA) is 95.1 Å². The zero-order chi connectivity index (χ0) is 19.6. The number of aromatic nitrogens is 3. The lowest BCUT2D eigenvalue weighted by atomic mass is 10.0. The van der Waals surface area contributed by atoms with E-state index in [0.29, 0.717) is 12.2 Å². The Labute approximate surface area is 152 Å². The summed E-state index contributed by atoms with van der Waals surface area (Å²) in [6.07, 6.45) is 0.809. The van der Waals surface area contributed by atoms with Gasteiger partial charge in [-0.25, -0.2) is 5.43 Å². The maximum atomic E-state index is 13.7. The second kappa shape index (κ2) is 7.31. The molecule has 1 aliphatic heterocycles. The number of halogens is 3. The van der Waals surface area contributed by atoms with E-state index >= 15 is 0 Å². The first-order valence-electron chi connectivity index (χ1n) is 8.18. The first-order valence-corrected chi connectivity index (χ1v) is 8.18. The third-order valence-corrected chi connectivity index (χ3v) is 4.04. The number of hydrogen-bond acceptors (Lipinski definition) is 5. The number of hydrazone groups is 1. The molecule has 142 valence electrons. The molecule has 0 atom stereocenters. The number of hydrogen-bond donors (Lipinski definition) is 3. The van der Waals surface area contributed by atoms with Gasteiger partial charge in [0.2, 0.25) is 0 Å². The summed E-state index contributed by atoms with van der Waals surface area (Å²) in [7, 11) is 0. The third-order valence-electron chi connectivity index (χ3n) is 4.04. The maximum absolute atomic E-state index is 13.7.